The molecule has 10 heavy (non-hydrogen) atoms. The summed E-state index contributed by atoms with van der Waals surface area (Å²) in [5.74, 6) is 0.152. The van der Waals surface area contributed by atoms with E-state index < -0.39 is 0 Å². The summed E-state index contributed by atoms with van der Waals surface area (Å²) in [7, 11) is 0. The molecule has 0 amide bonds. The van der Waals surface area contributed by atoms with E-state index in [1.165, 1.54) is 0 Å². The first kappa shape index (κ1) is 8.02. The van der Waals surface area contributed by atoms with Gasteiger partial charge in [0, 0.05) is 5.92 Å². The Bertz CT molecular complexity index is 120. The van der Waals surface area contributed by atoms with Crippen LogP contribution in [-0.2, 0) is 9.47 Å². The molecule has 0 aliphatic carbocycles. The summed E-state index contributed by atoms with van der Waals surface area (Å²) < 4.78 is 11.0. The van der Waals surface area contributed by atoms with Crippen molar-refractivity contribution < 1.29 is 9.47 Å². The molecule has 0 aromatic rings. The Hall–Kier alpha value is -0.0800. The Morgan fingerprint density at radius 2 is 1.90 bits per heavy atom. The molecule has 0 aromatic carbocycles. The topological polar surface area (TPSA) is 18.5 Å². The molecule has 1 unspecified atom stereocenters. The van der Waals surface area contributed by atoms with E-state index in [1.807, 2.05) is 13.8 Å². The van der Waals surface area contributed by atoms with E-state index >= 15 is 0 Å². The van der Waals surface area contributed by atoms with Gasteiger partial charge in [0.1, 0.15) is 0 Å². The molecule has 2 atom stereocenters. The average molecular weight is 144 g/mol. The molecule has 60 valence electrons. The summed E-state index contributed by atoms with van der Waals surface area (Å²) in [5.41, 5.74) is 0. The molecule has 2 nitrogen and oxygen atoms in total. The van der Waals surface area contributed by atoms with Gasteiger partial charge in [-0.3, -0.25) is 0 Å². The van der Waals surface area contributed by atoms with Gasteiger partial charge in [0.05, 0.1) is 12.7 Å². The van der Waals surface area contributed by atoms with Crippen molar-refractivity contribution in [2.75, 3.05) is 6.61 Å². The standard InChI is InChI=1S/C8H16O2/c1-6-5-9-8(3,4)10-7(6)2/h6-7H,5H2,1-4H3/t6-,7?/m1/s1. The van der Waals surface area contributed by atoms with Crippen molar-refractivity contribution in [3.63, 3.8) is 0 Å². The second-order valence-corrected chi connectivity index (χ2v) is 3.51. The van der Waals surface area contributed by atoms with Gasteiger partial charge in [0.2, 0.25) is 0 Å². The molecule has 1 saturated heterocycles. The van der Waals surface area contributed by atoms with E-state index in [1.54, 1.807) is 0 Å². The molecular weight excluding hydrogens is 128 g/mol. The van der Waals surface area contributed by atoms with Gasteiger partial charge < -0.3 is 9.47 Å². The lowest BCUT2D eigenvalue weighted by atomic mass is 10.1. The van der Waals surface area contributed by atoms with E-state index in [-0.39, 0.29) is 5.79 Å². The highest BCUT2D eigenvalue weighted by Crippen LogP contribution is 2.24. The zero-order valence-corrected chi connectivity index (χ0v) is 7.18. The summed E-state index contributed by atoms with van der Waals surface area (Å²) in [4.78, 5) is 0. The largest absolute Gasteiger partial charge is 0.350 e. The highest BCUT2D eigenvalue weighted by molar-refractivity contribution is 4.70. The third-order valence-electron chi connectivity index (χ3n) is 1.96. The van der Waals surface area contributed by atoms with Crippen LogP contribution in [0.4, 0.5) is 0 Å². The van der Waals surface area contributed by atoms with E-state index in [2.05, 4.69) is 13.8 Å². The molecule has 2 heteroatoms. The summed E-state index contributed by atoms with van der Waals surface area (Å²) in [6, 6.07) is 0. The Morgan fingerprint density at radius 1 is 1.30 bits per heavy atom. The fraction of sp³-hybridized carbons (Fsp3) is 1.00. The normalized spacial score (nSPS) is 39.6. The van der Waals surface area contributed by atoms with Crippen LogP contribution < -0.4 is 0 Å². The maximum Gasteiger partial charge on any atom is 0.163 e. The minimum atomic E-state index is -0.369. The van der Waals surface area contributed by atoms with Crippen LogP contribution in [-0.4, -0.2) is 18.5 Å². The average Bonchev–Trinajstić information content (AvgIpc) is 1.79. The summed E-state index contributed by atoms with van der Waals surface area (Å²) >= 11 is 0. The molecule has 0 spiro atoms. The third kappa shape index (κ3) is 1.70. The van der Waals surface area contributed by atoms with Gasteiger partial charge in [-0.1, -0.05) is 6.92 Å². The SMILES string of the molecule is CC1OC(C)(C)OC[C@H]1C. The Kier molecular flexibility index (Phi) is 2.02. The van der Waals surface area contributed by atoms with E-state index in [0.717, 1.165) is 6.61 Å². The zero-order valence-electron chi connectivity index (χ0n) is 7.18. The molecule has 0 bridgehead atoms. The molecule has 1 rings (SSSR count). The molecule has 0 N–H and O–H groups in total. The maximum atomic E-state index is 5.56. The van der Waals surface area contributed by atoms with Crippen LogP contribution in [0.3, 0.4) is 0 Å². The monoisotopic (exact) mass is 144 g/mol. The summed E-state index contributed by atoms with van der Waals surface area (Å²) in [6.45, 7) is 8.95. The van der Waals surface area contributed by atoms with Gasteiger partial charge in [-0.05, 0) is 20.8 Å². The predicted molar refractivity (Wildman–Crippen MR) is 39.7 cm³/mol. The fourth-order valence-corrected chi connectivity index (χ4v) is 1.07. The van der Waals surface area contributed by atoms with Crippen molar-refractivity contribution in [2.24, 2.45) is 5.92 Å². The lowest BCUT2D eigenvalue weighted by Gasteiger charge is -2.38. The lowest BCUT2D eigenvalue weighted by molar-refractivity contribution is -0.286. The van der Waals surface area contributed by atoms with Crippen LogP contribution in [0, 0.1) is 5.92 Å². The summed E-state index contributed by atoms with van der Waals surface area (Å²) in [6.07, 6.45) is 0.323. The van der Waals surface area contributed by atoms with Gasteiger partial charge in [-0.15, -0.1) is 0 Å². The van der Waals surface area contributed by atoms with Crippen LogP contribution in [0.5, 0.6) is 0 Å². The minimum Gasteiger partial charge on any atom is -0.350 e. The Labute approximate surface area is 62.5 Å². The van der Waals surface area contributed by atoms with E-state index in [9.17, 15) is 0 Å². The third-order valence-corrected chi connectivity index (χ3v) is 1.96. The van der Waals surface area contributed by atoms with Gasteiger partial charge in [0.15, 0.2) is 5.79 Å². The minimum absolute atomic E-state index is 0.323. The number of ether oxygens (including phenoxy) is 2. The van der Waals surface area contributed by atoms with Crippen LogP contribution in [0.15, 0.2) is 0 Å². The predicted octanol–water partition coefficient (Wildman–Crippen LogP) is 1.79. The first-order valence-electron chi connectivity index (χ1n) is 3.83. The molecular formula is C8H16O2. The van der Waals surface area contributed by atoms with Crippen molar-refractivity contribution in [3.8, 4) is 0 Å². The van der Waals surface area contributed by atoms with Crippen LogP contribution >= 0.6 is 0 Å². The second-order valence-electron chi connectivity index (χ2n) is 3.51. The molecule has 1 heterocycles. The van der Waals surface area contributed by atoms with E-state index in [0.29, 0.717) is 12.0 Å². The highest BCUT2D eigenvalue weighted by atomic mass is 16.7. The van der Waals surface area contributed by atoms with Gasteiger partial charge in [0.25, 0.3) is 0 Å². The number of rotatable bonds is 0. The van der Waals surface area contributed by atoms with Crippen molar-refractivity contribution >= 4 is 0 Å². The van der Waals surface area contributed by atoms with Crippen LogP contribution in [0.25, 0.3) is 0 Å². The van der Waals surface area contributed by atoms with Crippen molar-refractivity contribution in [1.82, 2.24) is 0 Å². The fourth-order valence-electron chi connectivity index (χ4n) is 1.07. The Morgan fingerprint density at radius 3 is 2.30 bits per heavy atom. The molecule has 1 fully saturated rings. The zero-order chi connectivity index (χ0) is 7.78. The van der Waals surface area contributed by atoms with Crippen LogP contribution in [0.1, 0.15) is 27.7 Å². The first-order valence-corrected chi connectivity index (χ1v) is 3.83. The smallest absolute Gasteiger partial charge is 0.163 e. The Balaban J connectivity index is 2.49. The molecule has 1 aliphatic rings. The first-order chi connectivity index (χ1) is 4.51. The number of hydrogen-bond donors (Lipinski definition) is 0. The maximum absolute atomic E-state index is 5.56. The van der Waals surface area contributed by atoms with Crippen LogP contribution in [0.2, 0.25) is 0 Å². The van der Waals surface area contributed by atoms with Gasteiger partial charge >= 0.3 is 0 Å². The van der Waals surface area contributed by atoms with Crippen molar-refractivity contribution in [2.45, 2.75) is 39.6 Å². The molecule has 0 aromatic heterocycles. The second kappa shape index (κ2) is 2.51. The van der Waals surface area contributed by atoms with Crippen molar-refractivity contribution in [3.05, 3.63) is 0 Å². The van der Waals surface area contributed by atoms with Gasteiger partial charge in [-0.25, -0.2) is 0 Å². The molecule has 1 aliphatic heterocycles. The summed E-state index contributed by atoms with van der Waals surface area (Å²) in [5, 5.41) is 0. The van der Waals surface area contributed by atoms with Crippen molar-refractivity contribution in [1.29, 1.82) is 0 Å². The van der Waals surface area contributed by atoms with Gasteiger partial charge in [-0.2, -0.15) is 0 Å². The molecule has 0 saturated carbocycles. The van der Waals surface area contributed by atoms with E-state index in [4.69, 9.17) is 9.47 Å². The molecule has 0 radical (unpaired) electrons. The lowest BCUT2D eigenvalue weighted by Crippen LogP contribution is -2.43. The quantitative estimate of drug-likeness (QED) is 0.516. The highest BCUT2D eigenvalue weighted by Gasteiger charge is 2.31. The number of hydrogen-bond acceptors (Lipinski definition) is 2.